The normalized spacial score (nSPS) is 15.4. The van der Waals surface area contributed by atoms with E-state index < -0.39 is 46.4 Å². The average Bonchev–Trinajstić information content (AvgIpc) is 1.64. The zero-order valence-corrected chi connectivity index (χ0v) is 64.1. The van der Waals surface area contributed by atoms with Crippen LogP contribution in [0.5, 0.6) is 0 Å². The van der Waals surface area contributed by atoms with Crippen LogP contribution in [0.4, 0.5) is 24.9 Å². The van der Waals surface area contributed by atoms with Gasteiger partial charge < -0.3 is 40.5 Å². The summed E-state index contributed by atoms with van der Waals surface area (Å²) in [6.45, 7) is 24.0. The number of likely N-dealkylation sites (tertiary alicyclic amines) is 2. The molecule has 3 atom stereocenters. The van der Waals surface area contributed by atoms with Gasteiger partial charge in [0.1, 0.15) is 34.0 Å². The second-order valence-electron chi connectivity index (χ2n) is 24.1. The molecule has 556 valence electrons. The van der Waals surface area contributed by atoms with Gasteiger partial charge in [-0.1, -0.05) is 164 Å². The molecule has 0 radical (unpaired) electrons. The molecule has 3 aliphatic rings. The molecule has 3 aromatic heterocycles. The van der Waals surface area contributed by atoms with Crippen LogP contribution < -0.4 is 38.3 Å². The predicted molar refractivity (Wildman–Crippen MR) is 393 cm³/mol. The SMILES string of the molecule is CC.CC(=O)NC1CCCN(C(=O)n2nnn(-c3c(Cl)cccc3Cl)c2=O)C1.CC(C)(C)OC(=O)NC1CCCN(C(=O)n2nnn(-c3c(Cl)cccc3Cl)c2=O)C1.CC(C)(C)OC(=O)NC1CCCNC1.CCCCC.O=C=Nc1c(Cl)cccc1Cl.O=c1[nH]nnn1-c1c(Cl)cccc1Cl. The van der Waals surface area contributed by atoms with Crippen molar-refractivity contribution >= 4 is 135 Å². The van der Waals surface area contributed by atoms with E-state index in [0.717, 1.165) is 46.4 Å². The van der Waals surface area contributed by atoms with Gasteiger partial charge in [-0.3, -0.25) is 4.79 Å². The number of aromatic nitrogens is 12. The molecule has 0 aliphatic carbocycles. The fourth-order valence-corrected chi connectivity index (χ4v) is 11.6. The lowest BCUT2D eigenvalue weighted by atomic mass is 10.1. The van der Waals surface area contributed by atoms with Crippen molar-refractivity contribution in [3.8, 4) is 17.1 Å². The lowest BCUT2D eigenvalue weighted by Gasteiger charge is -2.32. The lowest BCUT2D eigenvalue weighted by Crippen LogP contribution is -2.52. The molecule has 0 spiro atoms. The van der Waals surface area contributed by atoms with Crippen molar-refractivity contribution in [1.29, 1.82) is 0 Å². The van der Waals surface area contributed by atoms with Gasteiger partial charge in [0.05, 0.1) is 40.2 Å². The molecule has 0 bridgehead atoms. The molecule has 5 amide bonds. The fourth-order valence-electron chi connectivity index (χ4n) is 9.44. The topological polar surface area (TPSA) is 357 Å². The number of hydrogen-bond donors (Lipinski definition) is 5. The summed E-state index contributed by atoms with van der Waals surface area (Å²) < 4.78 is 14.5. The second-order valence-corrected chi connectivity index (χ2v) is 27.4. The first-order chi connectivity index (χ1) is 48.3. The predicted octanol–water partition coefficient (Wildman–Crippen LogP) is 12.7. The smallest absolute Gasteiger partial charge is 0.407 e. The number of isocyanates is 1. The minimum Gasteiger partial charge on any atom is -0.444 e. The fraction of sp³-hybridized carbons (Fsp3) is 0.484. The number of alkyl carbamates (subject to hydrolysis) is 2. The van der Waals surface area contributed by atoms with Crippen LogP contribution in [-0.4, -0.2) is 174 Å². The summed E-state index contributed by atoms with van der Waals surface area (Å²) in [6, 6.07) is 17.7. The lowest BCUT2D eigenvalue weighted by molar-refractivity contribution is -0.120. The second kappa shape index (κ2) is 42.6. The molecule has 7 aromatic rings. The Labute approximate surface area is 628 Å². The standard InChI is InChI=1S/C18H22Cl2N6O4.C15H16Cl2N6O3.C10H20N2O2.C7H4Cl2N4O.C7H3Cl2NO.C5H12.C2H6/c1-18(2,3)30-15(27)21-11-6-5-9-24(10-11)16(28)26-17(29)25(22-23-26)14-12(19)7-4-8-13(14)20;1-9(24)18-10-4-3-7-21(8-10)14(25)23-15(26)22(19-20-23)13-11(16)5-2-6-12(13)17;1-10(2,3)14-9(13)12-8-5-4-6-11-7-8;8-4-2-1-3-5(9)6(4)13-7(14)10-11-12-13;8-5-2-1-3-6(9)7(5)10-4-11;1-3-5-4-2;1-2/h4,7-8,11H,5-6,9-10H2,1-3H3,(H,21,27);2,5-6,10H,3-4,7-8H2,1H3,(H,18,24);8,11H,4-7H2,1-3H3,(H,12,13);1-3H,(H,10,12,14);1-3H;3-5H2,1-2H3;1-2H3. The molecule has 3 unspecified atom stereocenters. The van der Waals surface area contributed by atoms with Crippen LogP contribution in [0.1, 0.15) is 134 Å². The maximum absolute atomic E-state index is 12.9. The quantitative estimate of drug-likeness (QED) is 0.0509. The van der Waals surface area contributed by atoms with Crippen molar-refractivity contribution in [3.05, 3.63) is 144 Å². The maximum atomic E-state index is 12.9. The van der Waals surface area contributed by atoms with Crippen molar-refractivity contribution in [3.63, 3.8) is 0 Å². The Bertz CT molecular complexity index is 4050. The van der Waals surface area contributed by atoms with Crippen molar-refractivity contribution in [2.24, 2.45) is 4.99 Å². The van der Waals surface area contributed by atoms with Crippen molar-refractivity contribution in [2.75, 3.05) is 39.3 Å². The molecule has 3 fully saturated rings. The third-order valence-corrected chi connectivity index (χ3v) is 16.2. The van der Waals surface area contributed by atoms with Gasteiger partial charge in [0.2, 0.25) is 12.0 Å². The summed E-state index contributed by atoms with van der Waals surface area (Å²) in [7, 11) is 0. The van der Waals surface area contributed by atoms with Crippen molar-refractivity contribution in [1.82, 2.24) is 90.9 Å². The van der Waals surface area contributed by atoms with Crippen molar-refractivity contribution < 1.29 is 38.2 Å². The first-order valence-electron chi connectivity index (χ1n) is 32.3. The van der Waals surface area contributed by atoms with E-state index in [1.807, 2.05) is 34.6 Å². The van der Waals surface area contributed by atoms with Crippen molar-refractivity contribution in [2.45, 2.75) is 163 Å². The number of aliphatic imine (C=N–C) groups is 1. The van der Waals surface area contributed by atoms with Gasteiger partial charge in [-0.25, -0.2) is 43.5 Å². The van der Waals surface area contributed by atoms with Crippen LogP contribution in [0.3, 0.4) is 0 Å². The number of para-hydroxylation sites is 4. The summed E-state index contributed by atoms with van der Waals surface area (Å²) in [5, 5.41) is 37.6. The van der Waals surface area contributed by atoms with Gasteiger partial charge in [0.15, 0.2) is 0 Å². The van der Waals surface area contributed by atoms with Gasteiger partial charge in [-0.05, 0) is 166 Å². The molecule has 6 heterocycles. The number of hydrogen-bond acceptors (Lipinski definition) is 19. The third kappa shape index (κ3) is 27.4. The molecule has 0 saturated carbocycles. The summed E-state index contributed by atoms with van der Waals surface area (Å²) >= 11 is 47.4. The number of carbonyl (C=O) groups excluding carboxylic acids is 6. The molecule has 5 N–H and O–H groups in total. The molecule has 4 aromatic carbocycles. The van der Waals surface area contributed by atoms with E-state index in [2.05, 4.69) is 76.5 Å². The number of carbonyl (C=O) groups is 5. The Morgan fingerprint density at radius 2 is 0.922 bits per heavy atom. The summed E-state index contributed by atoms with van der Waals surface area (Å²) in [5.74, 6) is -0.166. The van der Waals surface area contributed by atoms with Crippen LogP contribution >= 0.6 is 92.8 Å². The molecule has 3 saturated heterocycles. The third-order valence-electron chi connectivity index (χ3n) is 13.8. The van der Waals surface area contributed by atoms with Gasteiger partial charge in [-0.2, -0.15) is 19.0 Å². The summed E-state index contributed by atoms with van der Waals surface area (Å²) in [6.07, 6.45) is 9.52. The maximum Gasteiger partial charge on any atom is 0.407 e. The van der Waals surface area contributed by atoms with E-state index in [4.69, 9.17) is 102 Å². The van der Waals surface area contributed by atoms with Gasteiger partial charge in [0, 0.05) is 57.8 Å². The summed E-state index contributed by atoms with van der Waals surface area (Å²) in [5.41, 5.74) is -2.18. The highest BCUT2D eigenvalue weighted by Crippen LogP contribution is 2.32. The molecular weight excluding hydrogens is 1490 g/mol. The number of H-pyrrole nitrogens is 1. The Morgan fingerprint density at radius 3 is 1.25 bits per heavy atom. The van der Waals surface area contributed by atoms with Gasteiger partial charge >= 0.3 is 41.3 Å². The highest BCUT2D eigenvalue weighted by molar-refractivity contribution is 6.39. The van der Waals surface area contributed by atoms with E-state index in [9.17, 15) is 43.2 Å². The number of amides is 5. The van der Waals surface area contributed by atoms with Crippen LogP contribution in [0, 0.1) is 0 Å². The number of unbranched alkanes of at least 4 members (excludes halogenated alkanes) is 2. The first-order valence-corrected chi connectivity index (χ1v) is 35.3. The minimum atomic E-state index is -0.794. The van der Waals surface area contributed by atoms with Crippen LogP contribution in [-0.2, 0) is 19.1 Å². The van der Waals surface area contributed by atoms with Crippen LogP contribution in [0.25, 0.3) is 17.1 Å². The molecule has 30 nitrogen and oxygen atoms in total. The Kier molecular flexibility index (Phi) is 36.2. The highest BCUT2D eigenvalue weighted by atomic mass is 35.5. The molecular formula is C64H83Cl8N19O11. The summed E-state index contributed by atoms with van der Waals surface area (Å²) in [4.78, 5) is 113. The number of halogens is 8. The number of tetrazole rings is 3. The minimum absolute atomic E-state index is 0.146. The molecule has 3 aliphatic heterocycles. The van der Waals surface area contributed by atoms with E-state index >= 15 is 0 Å². The zero-order chi connectivity index (χ0) is 76.0. The largest absolute Gasteiger partial charge is 0.444 e. The first kappa shape index (κ1) is 86.5. The molecule has 10 rings (SSSR count). The number of piperidine rings is 3. The monoisotopic (exact) mass is 1570 g/mol. The number of ether oxygens (including phenoxy) is 2. The molecule has 38 heteroatoms. The van der Waals surface area contributed by atoms with E-state index in [0.29, 0.717) is 74.0 Å². The van der Waals surface area contributed by atoms with E-state index in [1.54, 1.807) is 93.6 Å². The number of rotatable bonds is 9. The number of nitrogens with one attached hydrogen (secondary N) is 5. The zero-order valence-electron chi connectivity index (χ0n) is 58.0. The van der Waals surface area contributed by atoms with E-state index in [1.165, 1.54) is 42.1 Å². The van der Waals surface area contributed by atoms with Crippen LogP contribution in [0.2, 0.25) is 40.2 Å². The van der Waals surface area contributed by atoms with Gasteiger partial charge in [0.25, 0.3) is 0 Å². The molecule has 102 heavy (non-hydrogen) atoms. The number of benzene rings is 4. The Morgan fingerprint density at radius 1 is 0.549 bits per heavy atom. The van der Waals surface area contributed by atoms with E-state index in [-0.39, 0.29) is 73.8 Å². The average molecular weight is 1580 g/mol. The van der Waals surface area contributed by atoms with Gasteiger partial charge in [-0.15, -0.1) is 9.36 Å². The number of nitrogens with zero attached hydrogens (tertiary/aromatic N) is 14. The highest BCUT2D eigenvalue weighted by Gasteiger charge is 2.32. The van der Waals surface area contributed by atoms with Crippen LogP contribution in [0.15, 0.2) is 92.2 Å². The Balaban J connectivity index is 0.000000276. The Hall–Kier alpha value is -7.90. The number of aromatic amines is 1.